The average Bonchev–Trinajstić information content (AvgIpc) is 2.46. The zero-order valence-electron chi connectivity index (χ0n) is 15.6. The maximum Gasteiger partial charge on any atom is 0.397 e. The number of hydrogen-bond acceptors (Lipinski definition) is 3. The highest BCUT2D eigenvalue weighted by Gasteiger charge is 2.28. The molecule has 0 aromatic heterocycles. The van der Waals surface area contributed by atoms with Crippen molar-refractivity contribution in [2.75, 3.05) is 13.2 Å². The first-order valence-corrected chi connectivity index (χ1v) is 9.59. The quantitative estimate of drug-likeness (QED) is 0.636. The molecule has 0 radical (unpaired) electrons. The summed E-state index contributed by atoms with van der Waals surface area (Å²) >= 11 is 0. The lowest BCUT2D eigenvalue weighted by atomic mass is 9.80. The van der Waals surface area contributed by atoms with Crippen molar-refractivity contribution in [2.24, 2.45) is 5.92 Å². The molecule has 1 aliphatic rings. The third-order valence-electron chi connectivity index (χ3n) is 4.24. The molecule has 1 aromatic rings. The van der Waals surface area contributed by atoms with Crippen LogP contribution in [0.1, 0.15) is 66.0 Å². The van der Waals surface area contributed by atoms with E-state index < -0.39 is 8.60 Å². The predicted octanol–water partition coefficient (Wildman–Crippen LogP) is 5.96. The molecule has 0 saturated carbocycles. The van der Waals surface area contributed by atoms with Gasteiger partial charge in [-0.15, -0.1) is 0 Å². The van der Waals surface area contributed by atoms with Crippen molar-refractivity contribution in [2.45, 2.75) is 65.7 Å². The molecule has 0 amide bonds. The third-order valence-corrected chi connectivity index (χ3v) is 5.30. The Bertz CT molecular complexity index is 520. The lowest BCUT2D eigenvalue weighted by molar-refractivity contribution is 0.0918. The minimum atomic E-state index is -1.28. The van der Waals surface area contributed by atoms with Gasteiger partial charge in [-0.05, 0) is 28.9 Å². The smallest absolute Gasteiger partial charge is 0.397 e. The lowest BCUT2D eigenvalue weighted by Gasteiger charge is -2.30. The molecule has 1 aromatic carbocycles. The van der Waals surface area contributed by atoms with Crippen molar-refractivity contribution in [3.63, 3.8) is 0 Å². The van der Waals surface area contributed by atoms with Crippen LogP contribution in [0.5, 0.6) is 5.75 Å². The van der Waals surface area contributed by atoms with Crippen LogP contribution in [0, 0.1) is 5.92 Å². The molecular weight excluding hydrogens is 307 g/mol. The molecule has 130 valence electrons. The lowest BCUT2D eigenvalue weighted by Crippen LogP contribution is -2.21. The van der Waals surface area contributed by atoms with Gasteiger partial charge in [-0.2, -0.15) is 0 Å². The van der Waals surface area contributed by atoms with Crippen molar-refractivity contribution >= 4 is 8.60 Å². The Balaban J connectivity index is 2.21. The summed E-state index contributed by atoms with van der Waals surface area (Å²) < 4.78 is 17.6. The first-order valence-electron chi connectivity index (χ1n) is 8.50. The Hall–Kier alpha value is -0.630. The van der Waals surface area contributed by atoms with Crippen LogP contribution in [0.3, 0.4) is 0 Å². The highest BCUT2D eigenvalue weighted by atomic mass is 31.2. The number of rotatable bonds is 3. The zero-order chi connectivity index (χ0) is 17.3. The van der Waals surface area contributed by atoms with E-state index in [0.717, 1.165) is 25.4 Å². The Kier molecular flexibility index (Phi) is 5.76. The summed E-state index contributed by atoms with van der Waals surface area (Å²) in [5.41, 5.74) is 2.65. The predicted molar refractivity (Wildman–Crippen MR) is 97.1 cm³/mol. The van der Waals surface area contributed by atoms with E-state index in [-0.39, 0.29) is 10.8 Å². The summed E-state index contributed by atoms with van der Waals surface area (Å²) in [6, 6.07) is 6.49. The van der Waals surface area contributed by atoms with Gasteiger partial charge in [-0.25, -0.2) is 0 Å². The van der Waals surface area contributed by atoms with Crippen molar-refractivity contribution in [3.05, 3.63) is 29.3 Å². The second kappa shape index (κ2) is 7.09. The summed E-state index contributed by atoms with van der Waals surface area (Å²) in [5, 5.41) is 0. The van der Waals surface area contributed by atoms with Crippen LogP contribution >= 0.6 is 8.60 Å². The maximum absolute atomic E-state index is 6.09. The molecule has 0 unspecified atom stereocenters. The van der Waals surface area contributed by atoms with E-state index in [0.29, 0.717) is 5.92 Å². The summed E-state index contributed by atoms with van der Waals surface area (Å²) in [6.07, 6.45) is 1.08. The van der Waals surface area contributed by atoms with Gasteiger partial charge in [0.1, 0.15) is 5.75 Å². The van der Waals surface area contributed by atoms with E-state index in [2.05, 4.69) is 66.7 Å². The van der Waals surface area contributed by atoms with Gasteiger partial charge in [-0.3, -0.25) is 0 Å². The van der Waals surface area contributed by atoms with Crippen molar-refractivity contribution in [1.29, 1.82) is 0 Å². The average molecular weight is 338 g/mol. The van der Waals surface area contributed by atoms with Crippen LogP contribution in [-0.2, 0) is 19.9 Å². The standard InChI is InChI=1S/C19H31O3P/c1-8-14-12-20-23(21-13-14)22-17-10-9-15(18(2,3)4)11-16(17)19(5,6)7/h9-11,14H,8,12-13H2,1-7H3. The second-order valence-electron chi connectivity index (χ2n) is 8.39. The third kappa shape index (κ3) is 4.92. The Morgan fingerprint density at radius 3 is 2.13 bits per heavy atom. The van der Waals surface area contributed by atoms with Crippen LogP contribution in [-0.4, -0.2) is 13.2 Å². The summed E-state index contributed by atoms with van der Waals surface area (Å²) in [6.45, 7) is 17.0. The Labute approximate surface area is 142 Å². The minimum absolute atomic E-state index is 0.00761. The summed E-state index contributed by atoms with van der Waals surface area (Å²) in [7, 11) is -1.28. The monoisotopic (exact) mass is 338 g/mol. The molecule has 2 rings (SSSR count). The molecule has 0 atom stereocenters. The van der Waals surface area contributed by atoms with Gasteiger partial charge in [0.05, 0.1) is 13.2 Å². The van der Waals surface area contributed by atoms with E-state index in [9.17, 15) is 0 Å². The fourth-order valence-corrected chi connectivity index (χ4v) is 3.61. The van der Waals surface area contributed by atoms with Gasteiger partial charge in [0, 0.05) is 11.5 Å². The van der Waals surface area contributed by atoms with E-state index in [1.165, 1.54) is 11.1 Å². The first-order chi connectivity index (χ1) is 10.6. The molecule has 0 N–H and O–H groups in total. The normalized spacial score (nSPS) is 22.9. The molecule has 3 nitrogen and oxygen atoms in total. The molecule has 0 spiro atoms. The molecule has 1 saturated heterocycles. The molecule has 0 bridgehead atoms. The SMILES string of the molecule is CCC1COP(Oc2ccc(C(C)(C)C)cc2C(C)(C)C)OC1. The van der Waals surface area contributed by atoms with Gasteiger partial charge in [-0.1, -0.05) is 60.6 Å². The number of benzene rings is 1. The van der Waals surface area contributed by atoms with Crippen molar-refractivity contribution in [3.8, 4) is 5.75 Å². The van der Waals surface area contributed by atoms with Gasteiger partial charge in [0.15, 0.2) is 0 Å². The molecule has 1 aliphatic heterocycles. The van der Waals surface area contributed by atoms with Crippen LogP contribution in [0.15, 0.2) is 18.2 Å². The highest BCUT2D eigenvalue weighted by molar-refractivity contribution is 7.42. The topological polar surface area (TPSA) is 27.7 Å². The van der Waals surface area contributed by atoms with Crippen molar-refractivity contribution in [1.82, 2.24) is 0 Å². The highest BCUT2D eigenvalue weighted by Crippen LogP contribution is 2.47. The largest absolute Gasteiger partial charge is 0.426 e. The van der Waals surface area contributed by atoms with Gasteiger partial charge >= 0.3 is 8.60 Å². The Morgan fingerprint density at radius 1 is 1.04 bits per heavy atom. The zero-order valence-corrected chi connectivity index (χ0v) is 16.5. The fraction of sp³-hybridized carbons (Fsp3) is 0.684. The summed E-state index contributed by atoms with van der Waals surface area (Å²) in [4.78, 5) is 0. The molecule has 1 fully saturated rings. The fourth-order valence-electron chi connectivity index (χ4n) is 2.45. The van der Waals surface area contributed by atoms with Crippen LogP contribution < -0.4 is 4.52 Å². The van der Waals surface area contributed by atoms with Crippen LogP contribution in [0.2, 0.25) is 0 Å². The molecule has 1 heterocycles. The van der Waals surface area contributed by atoms with Gasteiger partial charge in [0.2, 0.25) is 0 Å². The van der Waals surface area contributed by atoms with E-state index in [4.69, 9.17) is 13.6 Å². The molecule has 4 heteroatoms. The summed E-state index contributed by atoms with van der Waals surface area (Å²) in [5.74, 6) is 1.37. The van der Waals surface area contributed by atoms with Crippen LogP contribution in [0.4, 0.5) is 0 Å². The number of hydrogen-bond donors (Lipinski definition) is 0. The van der Waals surface area contributed by atoms with Crippen LogP contribution in [0.25, 0.3) is 0 Å². The first kappa shape index (κ1) is 18.7. The van der Waals surface area contributed by atoms with E-state index in [1.54, 1.807) is 0 Å². The van der Waals surface area contributed by atoms with Crippen molar-refractivity contribution < 1.29 is 13.6 Å². The molecular formula is C19H31O3P. The maximum atomic E-state index is 6.09. The molecule has 23 heavy (non-hydrogen) atoms. The van der Waals surface area contributed by atoms with E-state index >= 15 is 0 Å². The molecule has 0 aliphatic carbocycles. The van der Waals surface area contributed by atoms with E-state index in [1.807, 2.05) is 0 Å². The van der Waals surface area contributed by atoms with Gasteiger partial charge in [0.25, 0.3) is 0 Å². The minimum Gasteiger partial charge on any atom is -0.426 e. The van der Waals surface area contributed by atoms with Gasteiger partial charge < -0.3 is 13.6 Å². The second-order valence-corrected chi connectivity index (χ2v) is 9.54. The Morgan fingerprint density at radius 2 is 1.65 bits per heavy atom.